The normalized spacial score (nSPS) is 18.7. The number of benzene rings is 1. The van der Waals surface area contributed by atoms with Gasteiger partial charge >= 0.3 is 0 Å². The minimum Gasteiger partial charge on any atom is -0.486 e. The first-order valence-electron chi connectivity index (χ1n) is 10.4. The number of rotatable bonds is 6. The summed E-state index contributed by atoms with van der Waals surface area (Å²) in [6.07, 6.45) is 6.96. The largest absolute Gasteiger partial charge is 0.486 e. The number of carbonyl (C=O) groups excluding carboxylic acids is 1. The van der Waals surface area contributed by atoms with E-state index >= 15 is 0 Å². The predicted molar refractivity (Wildman–Crippen MR) is 124 cm³/mol. The van der Waals surface area contributed by atoms with Crippen LogP contribution in [-0.2, 0) is 0 Å². The van der Waals surface area contributed by atoms with Crippen LogP contribution in [-0.4, -0.2) is 42.1 Å². The van der Waals surface area contributed by atoms with Crippen LogP contribution in [0, 0.1) is 0 Å². The zero-order valence-electron chi connectivity index (χ0n) is 17.5. The van der Waals surface area contributed by atoms with Gasteiger partial charge in [0.2, 0.25) is 0 Å². The number of aliphatic hydroxyl groups is 1. The van der Waals surface area contributed by atoms with Crippen LogP contribution < -0.4 is 10.1 Å². The summed E-state index contributed by atoms with van der Waals surface area (Å²) in [7, 11) is 0. The Hall–Kier alpha value is -3.14. The van der Waals surface area contributed by atoms with Crippen LogP contribution >= 0.6 is 23.2 Å². The molecule has 0 bridgehead atoms. The second kappa shape index (κ2) is 8.66. The maximum Gasteiger partial charge on any atom is 0.276 e. The lowest BCUT2D eigenvalue weighted by molar-refractivity contribution is 0.0434. The molecule has 5 rings (SSSR count). The van der Waals surface area contributed by atoms with E-state index in [0.717, 1.165) is 0 Å². The second-order valence-electron chi connectivity index (χ2n) is 8.00. The number of hydrogen-bond donors (Lipinski definition) is 3. The van der Waals surface area contributed by atoms with Crippen molar-refractivity contribution in [2.45, 2.75) is 38.0 Å². The fourth-order valence-corrected chi connectivity index (χ4v) is 4.55. The molecule has 1 amide bonds. The predicted octanol–water partition coefficient (Wildman–Crippen LogP) is 4.55. The van der Waals surface area contributed by atoms with Gasteiger partial charge in [-0.3, -0.25) is 19.6 Å². The van der Waals surface area contributed by atoms with Crippen LogP contribution in [0.2, 0.25) is 10.0 Å². The lowest BCUT2D eigenvalue weighted by Gasteiger charge is -2.31. The first kappa shape index (κ1) is 21.7. The van der Waals surface area contributed by atoms with Crippen molar-refractivity contribution < 1.29 is 14.6 Å². The van der Waals surface area contributed by atoms with Gasteiger partial charge in [0.25, 0.3) is 5.91 Å². The number of H-pyrrole nitrogens is 1. The van der Waals surface area contributed by atoms with Crippen LogP contribution in [0.5, 0.6) is 5.75 Å². The van der Waals surface area contributed by atoms with Gasteiger partial charge < -0.3 is 15.2 Å². The lowest BCUT2D eigenvalue weighted by atomic mass is 9.90. The van der Waals surface area contributed by atoms with Crippen LogP contribution in [0.15, 0.2) is 43.0 Å². The number of nitrogens with zero attached hydrogens (tertiary/aromatic N) is 4. The van der Waals surface area contributed by atoms with Gasteiger partial charge in [-0.05, 0) is 38.0 Å². The maximum absolute atomic E-state index is 12.9. The summed E-state index contributed by atoms with van der Waals surface area (Å²) in [5, 5.41) is 25.1. The van der Waals surface area contributed by atoms with E-state index in [0.29, 0.717) is 50.8 Å². The summed E-state index contributed by atoms with van der Waals surface area (Å²) >= 11 is 12.5. The molecular weight excluding hydrogens is 467 g/mol. The van der Waals surface area contributed by atoms with Crippen molar-refractivity contribution in [2.75, 3.05) is 5.32 Å². The molecule has 4 aromatic rings. The molecule has 11 heteroatoms. The molecule has 0 aliphatic heterocycles. The number of aliphatic hydroxyl groups excluding tert-OH is 1. The molecule has 1 aromatic carbocycles. The zero-order chi connectivity index (χ0) is 23.1. The number of carbonyl (C=O) groups is 1. The summed E-state index contributed by atoms with van der Waals surface area (Å²) in [5.74, 6) is 0.158. The van der Waals surface area contributed by atoms with Crippen molar-refractivity contribution in [1.82, 2.24) is 25.0 Å². The Morgan fingerprint density at radius 2 is 2.03 bits per heavy atom. The quantitative estimate of drug-likeness (QED) is 0.367. The SMILES string of the molecule is CC(Oc1ccc2[nH]nc(C(=O)Nc3cnn(C4CC(O)C4)c3)c2c1)c1c(Cl)cncc1Cl. The summed E-state index contributed by atoms with van der Waals surface area (Å²) < 4.78 is 7.80. The highest BCUT2D eigenvalue weighted by atomic mass is 35.5. The van der Waals surface area contributed by atoms with Gasteiger partial charge in [0.05, 0.1) is 39.6 Å². The molecule has 0 radical (unpaired) electrons. The number of aromatic nitrogens is 5. The molecule has 0 spiro atoms. The third-order valence-electron chi connectivity index (χ3n) is 5.68. The average Bonchev–Trinajstić information content (AvgIpc) is 3.38. The Balaban J connectivity index is 1.34. The molecule has 3 heterocycles. The monoisotopic (exact) mass is 486 g/mol. The number of fused-ring (bicyclic) bond motifs is 1. The summed E-state index contributed by atoms with van der Waals surface area (Å²) in [6.45, 7) is 1.83. The highest BCUT2D eigenvalue weighted by Crippen LogP contribution is 2.34. The highest BCUT2D eigenvalue weighted by molar-refractivity contribution is 6.35. The van der Waals surface area contributed by atoms with Crippen molar-refractivity contribution in [3.8, 4) is 5.75 Å². The van der Waals surface area contributed by atoms with Crippen molar-refractivity contribution in [3.63, 3.8) is 0 Å². The van der Waals surface area contributed by atoms with E-state index in [1.807, 2.05) is 6.92 Å². The summed E-state index contributed by atoms with van der Waals surface area (Å²) in [4.78, 5) is 16.9. The third-order valence-corrected chi connectivity index (χ3v) is 6.28. The van der Waals surface area contributed by atoms with Crippen LogP contribution in [0.25, 0.3) is 10.9 Å². The fraction of sp³-hybridized carbons (Fsp3) is 0.273. The molecule has 1 saturated carbocycles. The molecule has 3 aromatic heterocycles. The van der Waals surface area contributed by atoms with Crippen LogP contribution in [0.4, 0.5) is 5.69 Å². The molecule has 1 atom stereocenters. The number of amides is 1. The molecular formula is C22H20Cl2N6O3. The van der Waals surface area contributed by atoms with E-state index in [2.05, 4.69) is 25.6 Å². The number of hydrogen-bond acceptors (Lipinski definition) is 6. The van der Waals surface area contributed by atoms with E-state index in [4.69, 9.17) is 27.9 Å². The Morgan fingerprint density at radius 1 is 1.27 bits per heavy atom. The molecule has 1 fully saturated rings. The molecule has 170 valence electrons. The number of pyridine rings is 1. The Labute approximate surface area is 198 Å². The van der Waals surface area contributed by atoms with Gasteiger partial charge in [-0.1, -0.05) is 23.2 Å². The van der Waals surface area contributed by atoms with Gasteiger partial charge in [0.1, 0.15) is 11.9 Å². The first-order chi connectivity index (χ1) is 15.9. The lowest BCUT2D eigenvalue weighted by Crippen LogP contribution is -2.31. The molecule has 1 unspecified atom stereocenters. The smallest absolute Gasteiger partial charge is 0.276 e. The number of anilines is 1. The topological polar surface area (TPSA) is 118 Å². The molecule has 1 aliphatic rings. The van der Waals surface area contributed by atoms with E-state index in [1.54, 1.807) is 35.3 Å². The number of halogens is 2. The number of aromatic amines is 1. The average molecular weight is 487 g/mol. The van der Waals surface area contributed by atoms with E-state index in [1.165, 1.54) is 12.4 Å². The van der Waals surface area contributed by atoms with Gasteiger partial charge in [-0.2, -0.15) is 10.2 Å². The van der Waals surface area contributed by atoms with E-state index in [9.17, 15) is 9.90 Å². The van der Waals surface area contributed by atoms with E-state index < -0.39 is 6.10 Å². The molecule has 3 N–H and O–H groups in total. The Kier molecular flexibility index (Phi) is 5.69. The minimum atomic E-state index is -0.439. The maximum atomic E-state index is 12.9. The van der Waals surface area contributed by atoms with Crippen molar-refractivity contribution in [3.05, 3.63) is 64.3 Å². The minimum absolute atomic E-state index is 0.154. The molecule has 33 heavy (non-hydrogen) atoms. The van der Waals surface area contributed by atoms with E-state index in [-0.39, 0.29) is 23.7 Å². The van der Waals surface area contributed by atoms with Gasteiger partial charge in [-0.15, -0.1) is 0 Å². The Morgan fingerprint density at radius 3 is 2.76 bits per heavy atom. The second-order valence-corrected chi connectivity index (χ2v) is 8.81. The zero-order valence-corrected chi connectivity index (χ0v) is 19.0. The van der Waals surface area contributed by atoms with Gasteiger partial charge in [-0.25, -0.2) is 0 Å². The Bertz CT molecular complexity index is 1310. The van der Waals surface area contributed by atoms with Gasteiger partial charge in [0, 0.05) is 29.5 Å². The number of ether oxygens (including phenoxy) is 1. The highest BCUT2D eigenvalue weighted by Gasteiger charge is 2.29. The van der Waals surface area contributed by atoms with Crippen LogP contribution in [0.1, 0.15) is 48.0 Å². The molecule has 9 nitrogen and oxygen atoms in total. The number of nitrogens with one attached hydrogen (secondary N) is 2. The van der Waals surface area contributed by atoms with Crippen molar-refractivity contribution >= 4 is 45.7 Å². The molecule has 0 saturated heterocycles. The molecule has 1 aliphatic carbocycles. The standard InChI is InChI=1S/C22H20Cl2N6O3/c1-11(20-17(23)8-25-9-18(20)24)33-15-2-3-19-16(6-15)21(29-28-19)22(32)27-12-7-26-30(10-12)13-4-14(31)5-13/h2-3,6-11,13-14,31H,4-5H2,1H3,(H,27,32)(H,28,29). The summed E-state index contributed by atoms with van der Waals surface area (Å²) in [5.41, 5.74) is 2.12. The van der Waals surface area contributed by atoms with Crippen molar-refractivity contribution in [1.29, 1.82) is 0 Å². The van der Waals surface area contributed by atoms with Crippen LogP contribution in [0.3, 0.4) is 0 Å². The summed E-state index contributed by atoms with van der Waals surface area (Å²) in [6, 6.07) is 5.46. The van der Waals surface area contributed by atoms with Crippen molar-refractivity contribution in [2.24, 2.45) is 0 Å². The third kappa shape index (κ3) is 4.27. The van der Waals surface area contributed by atoms with Gasteiger partial charge in [0.15, 0.2) is 5.69 Å². The fourth-order valence-electron chi connectivity index (χ4n) is 3.88. The first-order valence-corrected chi connectivity index (χ1v) is 11.1.